The van der Waals surface area contributed by atoms with Gasteiger partial charge < -0.3 is 10.4 Å². The molecule has 0 aliphatic heterocycles. The second kappa shape index (κ2) is 9.91. The van der Waals surface area contributed by atoms with Crippen LogP contribution < -0.4 is 10.0 Å². The van der Waals surface area contributed by atoms with Crippen LogP contribution in [0.4, 0.5) is 5.69 Å². The molecule has 1 aliphatic rings. The molecule has 160 valence electrons. The van der Waals surface area contributed by atoms with Crippen LogP contribution in [0.1, 0.15) is 61.0 Å². The minimum Gasteiger partial charge on any atom is -0.478 e. The summed E-state index contributed by atoms with van der Waals surface area (Å²) in [6.07, 6.45) is 7.25. The van der Waals surface area contributed by atoms with Crippen LogP contribution in [0.2, 0.25) is 0 Å². The molecule has 0 saturated heterocycles. The molecular formula is C23H28N2O4S. The van der Waals surface area contributed by atoms with Gasteiger partial charge in [0.05, 0.1) is 11.3 Å². The van der Waals surface area contributed by atoms with Crippen molar-refractivity contribution in [1.82, 2.24) is 4.72 Å². The van der Waals surface area contributed by atoms with E-state index < -0.39 is 16.0 Å². The second-order valence-electron chi connectivity index (χ2n) is 7.55. The van der Waals surface area contributed by atoms with Crippen LogP contribution >= 0.6 is 0 Å². The summed E-state index contributed by atoms with van der Waals surface area (Å²) in [6.45, 7) is 2.22. The standard InChI is InChI=1S/C23H28N2O4S/c1-17(19-10-6-3-7-11-19)25-21-13-12-20(23(26)27)16-22(21)30(28,29)24-15-14-18-8-4-2-5-9-18/h3,6-8,10-13,16-17,24-25H,2,4-5,9,14-15H2,1H3,(H,26,27)/t17-/m1/s1. The molecule has 0 fully saturated rings. The zero-order chi connectivity index (χ0) is 21.6. The molecule has 0 saturated carbocycles. The molecule has 0 unspecified atom stereocenters. The molecule has 3 rings (SSSR count). The Hall–Kier alpha value is -2.64. The van der Waals surface area contributed by atoms with Crippen molar-refractivity contribution < 1.29 is 18.3 Å². The third-order valence-corrected chi connectivity index (χ3v) is 6.81. The third kappa shape index (κ3) is 5.70. The number of nitrogens with one attached hydrogen (secondary N) is 2. The summed E-state index contributed by atoms with van der Waals surface area (Å²) in [5.74, 6) is -1.17. The molecule has 30 heavy (non-hydrogen) atoms. The average Bonchev–Trinajstić information content (AvgIpc) is 2.75. The second-order valence-corrected chi connectivity index (χ2v) is 9.28. The Morgan fingerprint density at radius 1 is 1.13 bits per heavy atom. The number of hydrogen-bond acceptors (Lipinski definition) is 4. The van der Waals surface area contributed by atoms with Crippen molar-refractivity contribution in [3.05, 3.63) is 71.3 Å². The summed E-state index contributed by atoms with van der Waals surface area (Å²) in [7, 11) is -3.88. The highest BCUT2D eigenvalue weighted by Crippen LogP contribution is 2.27. The molecule has 2 aromatic carbocycles. The lowest BCUT2D eigenvalue weighted by molar-refractivity contribution is 0.0696. The number of anilines is 1. The SMILES string of the molecule is C[C@@H](Nc1ccc(C(=O)O)cc1S(=O)(=O)NCCC1=CCCCC1)c1ccccc1. The third-order valence-electron chi connectivity index (χ3n) is 5.31. The molecule has 0 aromatic heterocycles. The number of carbonyl (C=O) groups is 1. The van der Waals surface area contributed by atoms with Gasteiger partial charge in [0.2, 0.25) is 10.0 Å². The van der Waals surface area contributed by atoms with Gasteiger partial charge in [-0.15, -0.1) is 0 Å². The van der Waals surface area contributed by atoms with Crippen LogP contribution in [0.3, 0.4) is 0 Å². The number of carboxylic acids is 1. The number of rotatable bonds is 9. The Labute approximate surface area is 178 Å². The van der Waals surface area contributed by atoms with Crippen LogP contribution in [0, 0.1) is 0 Å². The van der Waals surface area contributed by atoms with E-state index in [0.717, 1.165) is 24.8 Å². The molecule has 0 heterocycles. The molecule has 2 aromatic rings. The number of carboxylic acid groups (broad SMARTS) is 1. The first-order valence-electron chi connectivity index (χ1n) is 10.2. The lowest BCUT2D eigenvalue weighted by atomic mass is 9.97. The molecule has 0 bridgehead atoms. The van der Waals surface area contributed by atoms with E-state index in [1.807, 2.05) is 37.3 Å². The van der Waals surface area contributed by atoms with E-state index in [1.54, 1.807) is 0 Å². The van der Waals surface area contributed by atoms with Gasteiger partial charge in [-0.05, 0) is 62.8 Å². The van der Waals surface area contributed by atoms with Crippen molar-refractivity contribution in [2.75, 3.05) is 11.9 Å². The Morgan fingerprint density at radius 3 is 2.57 bits per heavy atom. The van der Waals surface area contributed by atoms with E-state index in [2.05, 4.69) is 16.1 Å². The van der Waals surface area contributed by atoms with Crippen molar-refractivity contribution in [3.63, 3.8) is 0 Å². The van der Waals surface area contributed by atoms with Gasteiger partial charge >= 0.3 is 5.97 Å². The fourth-order valence-electron chi connectivity index (χ4n) is 3.61. The first-order valence-corrected chi connectivity index (χ1v) is 11.7. The Balaban J connectivity index is 1.81. The average molecular weight is 429 g/mol. The summed E-state index contributed by atoms with van der Waals surface area (Å²) in [4.78, 5) is 11.4. The molecule has 0 spiro atoms. The van der Waals surface area contributed by atoms with Gasteiger partial charge in [0.25, 0.3) is 0 Å². The maximum atomic E-state index is 13.0. The van der Waals surface area contributed by atoms with Gasteiger partial charge in [-0.2, -0.15) is 0 Å². The highest BCUT2D eigenvalue weighted by Gasteiger charge is 2.22. The van der Waals surface area contributed by atoms with E-state index in [4.69, 9.17) is 0 Å². The van der Waals surface area contributed by atoms with Gasteiger partial charge in [-0.3, -0.25) is 0 Å². The molecule has 1 aliphatic carbocycles. The largest absolute Gasteiger partial charge is 0.478 e. The van der Waals surface area contributed by atoms with E-state index in [1.165, 1.54) is 30.2 Å². The van der Waals surface area contributed by atoms with Crippen molar-refractivity contribution in [2.24, 2.45) is 0 Å². The predicted molar refractivity (Wildman–Crippen MR) is 118 cm³/mol. The number of benzene rings is 2. The maximum absolute atomic E-state index is 13.0. The Morgan fingerprint density at radius 2 is 1.90 bits per heavy atom. The summed E-state index contributed by atoms with van der Waals surface area (Å²) < 4.78 is 28.7. The maximum Gasteiger partial charge on any atom is 0.335 e. The van der Waals surface area contributed by atoms with E-state index in [0.29, 0.717) is 18.7 Å². The van der Waals surface area contributed by atoms with E-state index in [9.17, 15) is 18.3 Å². The molecule has 3 N–H and O–H groups in total. The van der Waals surface area contributed by atoms with E-state index >= 15 is 0 Å². The number of aromatic carboxylic acids is 1. The van der Waals surface area contributed by atoms with Crippen molar-refractivity contribution in [1.29, 1.82) is 0 Å². The molecule has 1 atom stereocenters. The van der Waals surface area contributed by atoms with Crippen molar-refractivity contribution in [2.45, 2.75) is 50.0 Å². The van der Waals surface area contributed by atoms with Crippen molar-refractivity contribution >= 4 is 21.7 Å². The van der Waals surface area contributed by atoms with Crippen LogP contribution in [-0.2, 0) is 10.0 Å². The fourth-order valence-corrected chi connectivity index (χ4v) is 4.84. The minimum atomic E-state index is -3.88. The summed E-state index contributed by atoms with van der Waals surface area (Å²) in [6, 6.07) is 13.6. The van der Waals surface area contributed by atoms with Crippen LogP contribution in [-0.4, -0.2) is 26.0 Å². The van der Waals surface area contributed by atoms with Gasteiger partial charge in [-0.1, -0.05) is 42.0 Å². The summed E-state index contributed by atoms with van der Waals surface area (Å²) >= 11 is 0. The number of sulfonamides is 1. The highest BCUT2D eigenvalue weighted by atomic mass is 32.2. The van der Waals surface area contributed by atoms with E-state index in [-0.39, 0.29) is 16.5 Å². The zero-order valence-electron chi connectivity index (χ0n) is 17.1. The van der Waals surface area contributed by atoms with Gasteiger partial charge in [0.15, 0.2) is 0 Å². The van der Waals surface area contributed by atoms with Crippen LogP contribution in [0.5, 0.6) is 0 Å². The van der Waals surface area contributed by atoms with Gasteiger partial charge in [-0.25, -0.2) is 17.9 Å². The first kappa shape index (κ1) is 22.1. The van der Waals surface area contributed by atoms with Gasteiger partial charge in [0, 0.05) is 12.6 Å². The number of hydrogen-bond donors (Lipinski definition) is 3. The molecule has 0 radical (unpaired) electrons. The fraction of sp³-hybridized carbons (Fsp3) is 0.348. The summed E-state index contributed by atoms with van der Waals surface area (Å²) in [5.41, 5.74) is 2.59. The normalized spacial score (nSPS) is 15.3. The lowest BCUT2D eigenvalue weighted by Crippen LogP contribution is -2.26. The van der Waals surface area contributed by atoms with Gasteiger partial charge in [0.1, 0.15) is 4.90 Å². The smallest absolute Gasteiger partial charge is 0.335 e. The first-order chi connectivity index (χ1) is 14.4. The zero-order valence-corrected chi connectivity index (χ0v) is 17.9. The minimum absolute atomic E-state index is 0.0530. The molecule has 7 heteroatoms. The quantitative estimate of drug-likeness (QED) is 0.502. The molecule has 0 amide bonds. The summed E-state index contributed by atoms with van der Waals surface area (Å²) in [5, 5.41) is 12.5. The predicted octanol–water partition coefficient (Wildman–Crippen LogP) is 4.73. The molecule has 6 nitrogen and oxygen atoms in total. The van der Waals surface area contributed by atoms with Crippen LogP contribution in [0.25, 0.3) is 0 Å². The monoisotopic (exact) mass is 428 g/mol. The lowest BCUT2D eigenvalue weighted by Gasteiger charge is -2.19. The topological polar surface area (TPSA) is 95.5 Å². The Bertz CT molecular complexity index is 1020. The molecular weight excluding hydrogens is 400 g/mol. The van der Waals surface area contributed by atoms with Crippen molar-refractivity contribution in [3.8, 4) is 0 Å². The number of allylic oxidation sites excluding steroid dienone is 1. The highest BCUT2D eigenvalue weighted by molar-refractivity contribution is 7.89. The Kier molecular flexibility index (Phi) is 7.29. The van der Waals surface area contributed by atoms with Crippen LogP contribution in [0.15, 0.2) is 65.1 Å².